The molecule has 3 nitrogen and oxygen atoms in total. The zero-order chi connectivity index (χ0) is 11.7. The molecule has 3 unspecified atom stereocenters. The first-order chi connectivity index (χ1) is 7.56. The van der Waals surface area contributed by atoms with E-state index in [9.17, 15) is 5.11 Å². The molecular weight excluding hydrogens is 200 g/mol. The van der Waals surface area contributed by atoms with Crippen molar-refractivity contribution in [3.8, 4) is 0 Å². The average molecular weight is 226 g/mol. The van der Waals surface area contributed by atoms with E-state index in [2.05, 4.69) is 30.8 Å². The molecule has 2 aliphatic rings. The van der Waals surface area contributed by atoms with Gasteiger partial charge in [-0.3, -0.25) is 0 Å². The van der Waals surface area contributed by atoms with E-state index in [1.165, 1.54) is 26.1 Å². The van der Waals surface area contributed by atoms with Crippen LogP contribution in [0.15, 0.2) is 0 Å². The van der Waals surface area contributed by atoms with Gasteiger partial charge < -0.3 is 14.9 Å². The summed E-state index contributed by atoms with van der Waals surface area (Å²) >= 11 is 0. The minimum Gasteiger partial charge on any atom is -0.393 e. The van der Waals surface area contributed by atoms with E-state index in [4.69, 9.17) is 0 Å². The summed E-state index contributed by atoms with van der Waals surface area (Å²) in [5.41, 5.74) is 0. The summed E-state index contributed by atoms with van der Waals surface area (Å²) in [4.78, 5) is 4.86. The van der Waals surface area contributed by atoms with E-state index < -0.39 is 0 Å². The predicted octanol–water partition coefficient (Wildman–Crippen LogP) is 1.03. The first-order valence-corrected chi connectivity index (χ1v) is 6.63. The quantitative estimate of drug-likeness (QED) is 0.778. The van der Waals surface area contributed by atoms with Gasteiger partial charge in [0, 0.05) is 25.7 Å². The Morgan fingerprint density at radius 3 is 2.62 bits per heavy atom. The van der Waals surface area contributed by atoms with Crippen molar-refractivity contribution in [3.05, 3.63) is 0 Å². The van der Waals surface area contributed by atoms with Crippen LogP contribution in [0.2, 0.25) is 0 Å². The Kier molecular flexibility index (Phi) is 3.88. The van der Waals surface area contributed by atoms with Crippen LogP contribution in [-0.4, -0.2) is 60.8 Å². The van der Waals surface area contributed by atoms with Crippen molar-refractivity contribution in [3.63, 3.8) is 0 Å². The van der Waals surface area contributed by atoms with Crippen LogP contribution < -0.4 is 0 Å². The van der Waals surface area contributed by atoms with E-state index in [1.54, 1.807) is 0 Å². The van der Waals surface area contributed by atoms with Crippen molar-refractivity contribution < 1.29 is 5.11 Å². The van der Waals surface area contributed by atoms with Crippen LogP contribution >= 0.6 is 0 Å². The molecule has 2 fully saturated rings. The molecule has 0 aromatic carbocycles. The lowest BCUT2D eigenvalue weighted by Crippen LogP contribution is -2.52. The second-order valence-electron chi connectivity index (χ2n) is 6.04. The third-order valence-electron chi connectivity index (χ3n) is 4.38. The number of aliphatic hydroxyl groups excluding tert-OH is 1. The highest BCUT2D eigenvalue weighted by molar-refractivity contribution is 4.87. The summed E-state index contributed by atoms with van der Waals surface area (Å²) < 4.78 is 0. The molecule has 2 rings (SSSR count). The fourth-order valence-electron chi connectivity index (χ4n) is 3.38. The third kappa shape index (κ3) is 2.76. The first-order valence-electron chi connectivity index (χ1n) is 6.63. The minimum absolute atomic E-state index is 0.0623. The number of rotatable bonds is 3. The van der Waals surface area contributed by atoms with Gasteiger partial charge in [-0.05, 0) is 45.2 Å². The molecule has 16 heavy (non-hydrogen) atoms. The van der Waals surface area contributed by atoms with Gasteiger partial charge in [0.15, 0.2) is 0 Å². The first kappa shape index (κ1) is 12.3. The number of hydrogen-bond acceptors (Lipinski definition) is 3. The van der Waals surface area contributed by atoms with Crippen LogP contribution in [0, 0.1) is 11.8 Å². The highest BCUT2D eigenvalue weighted by atomic mass is 16.3. The monoisotopic (exact) mass is 226 g/mol. The Balaban J connectivity index is 1.80. The summed E-state index contributed by atoms with van der Waals surface area (Å²) in [7, 11) is 4.42. The molecule has 0 radical (unpaired) electrons. The number of nitrogens with zero attached hydrogens (tertiary/aromatic N) is 2. The van der Waals surface area contributed by atoms with Crippen molar-refractivity contribution in [2.45, 2.75) is 38.3 Å². The van der Waals surface area contributed by atoms with Gasteiger partial charge >= 0.3 is 0 Å². The lowest BCUT2D eigenvalue weighted by Gasteiger charge is -2.43. The highest BCUT2D eigenvalue weighted by Gasteiger charge is 2.32. The molecule has 0 amide bonds. The maximum absolute atomic E-state index is 9.76. The van der Waals surface area contributed by atoms with E-state index in [0.717, 1.165) is 24.7 Å². The highest BCUT2D eigenvalue weighted by Crippen LogP contribution is 2.28. The standard InChI is InChI=1S/C13H26N2O/c1-10-4-5-12(16)6-13(10)15(3)9-11-7-14(2)8-11/h10-13,16H,4-9H2,1-3H3. The largest absolute Gasteiger partial charge is 0.393 e. The second kappa shape index (κ2) is 5.03. The number of likely N-dealkylation sites (tertiary alicyclic amines) is 1. The van der Waals surface area contributed by atoms with Crippen LogP contribution in [-0.2, 0) is 0 Å². The van der Waals surface area contributed by atoms with Gasteiger partial charge in [-0.1, -0.05) is 6.92 Å². The van der Waals surface area contributed by atoms with Crippen LogP contribution in [0.1, 0.15) is 26.2 Å². The third-order valence-corrected chi connectivity index (χ3v) is 4.38. The van der Waals surface area contributed by atoms with Crippen molar-refractivity contribution in [2.24, 2.45) is 11.8 Å². The predicted molar refractivity (Wildman–Crippen MR) is 66.4 cm³/mol. The van der Waals surface area contributed by atoms with E-state index in [1.807, 2.05) is 0 Å². The molecule has 94 valence electrons. The molecule has 3 atom stereocenters. The van der Waals surface area contributed by atoms with Crippen LogP contribution in [0.25, 0.3) is 0 Å². The molecule has 0 aromatic rings. The van der Waals surface area contributed by atoms with Gasteiger partial charge in [-0.25, -0.2) is 0 Å². The molecule has 0 aromatic heterocycles. The minimum atomic E-state index is -0.0623. The normalized spacial score (nSPS) is 37.7. The van der Waals surface area contributed by atoms with Gasteiger partial charge in [-0.15, -0.1) is 0 Å². The smallest absolute Gasteiger partial charge is 0.0555 e. The Labute approximate surface area is 99.4 Å². The molecule has 1 saturated carbocycles. The van der Waals surface area contributed by atoms with Gasteiger partial charge in [0.05, 0.1) is 6.10 Å². The maximum atomic E-state index is 9.76. The summed E-state index contributed by atoms with van der Waals surface area (Å²) in [6, 6.07) is 0.592. The Hall–Kier alpha value is -0.120. The summed E-state index contributed by atoms with van der Waals surface area (Å²) in [6.45, 7) is 6.02. The molecule has 3 heteroatoms. The molecular formula is C13H26N2O. The molecule has 0 spiro atoms. The summed E-state index contributed by atoms with van der Waals surface area (Å²) in [5, 5.41) is 9.76. The Morgan fingerprint density at radius 1 is 1.31 bits per heavy atom. The van der Waals surface area contributed by atoms with Gasteiger partial charge in [0.2, 0.25) is 0 Å². The molecule has 1 heterocycles. The maximum Gasteiger partial charge on any atom is 0.0555 e. The Morgan fingerprint density at radius 2 is 2.00 bits per heavy atom. The number of hydrogen-bond donors (Lipinski definition) is 1. The van der Waals surface area contributed by atoms with Crippen LogP contribution in [0.3, 0.4) is 0 Å². The Bertz CT molecular complexity index is 228. The van der Waals surface area contributed by atoms with Crippen molar-refractivity contribution in [1.82, 2.24) is 9.80 Å². The van der Waals surface area contributed by atoms with Crippen LogP contribution in [0.5, 0.6) is 0 Å². The van der Waals surface area contributed by atoms with E-state index in [-0.39, 0.29) is 6.10 Å². The van der Waals surface area contributed by atoms with Crippen molar-refractivity contribution in [2.75, 3.05) is 33.7 Å². The molecule has 1 aliphatic heterocycles. The topological polar surface area (TPSA) is 26.7 Å². The second-order valence-corrected chi connectivity index (χ2v) is 6.04. The summed E-state index contributed by atoms with van der Waals surface area (Å²) in [6.07, 6.45) is 3.09. The van der Waals surface area contributed by atoms with E-state index in [0.29, 0.717) is 6.04 Å². The molecule has 1 aliphatic carbocycles. The van der Waals surface area contributed by atoms with E-state index >= 15 is 0 Å². The van der Waals surface area contributed by atoms with Crippen molar-refractivity contribution in [1.29, 1.82) is 0 Å². The van der Waals surface area contributed by atoms with Crippen molar-refractivity contribution >= 4 is 0 Å². The van der Waals surface area contributed by atoms with Gasteiger partial charge in [-0.2, -0.15) is 0 Å². The summed E-state index contributed by atoms with van der Waals surface area (Å²) in [5.74, 6) is 1.59. The van der Waals surface area contributed by atoms with Gasteiger partial charge in [0.1, 0.15) is 0 Å². The lowest BCUT2D eigenvalue weighted by molar-refractivity contribution is 0.0192. The fraction of sp³-hybridized carbons (Fsp3) is 1.00. The lowest BCUT2D eigenvalue weighted by atomic mass is 9.83. The zero-order valence-electron chi connectivity index (χ0n) is 10.9. The number of aliphatic hydroxyl groups is 1. The molecule has 0 bridgehead atoms. The molecule has 1 saturated heterocycles. The molecule has 1 N–H and O–H groups in total. The zero-order valence-corrected chi connectivity index (χ0v) is 10.9. The van der Waals surface area contributed by atoms with Gasteiger partial charge in [0.25, 0.3) is 0 Å². The average Bonchev–Trinajstić information content (AvgIpc) is 2.19. The fourth-order valence-corrected chi connectivity index (χ4v) is 3.38. The van der Waals surface area contributed by atoms with Crippen LogP contribution in [0.4, 0.5) is 0 Å². The SMILES string of the molecule is CC1CCC(O)CC1N(C)CC1CN(C)C1.